The van der Waals surface area contributed by atoms with Crippen molar-refractivity contribution < 1.29 is 4.79 Å². The SMILES string of the molecule is CCNCc1ccccc1NC(=O)CCCc1ccc(Br)s1. The molecule has 0 fully saturated rings. The van der Waals surface area contributed by atoms with Gasteiger partial charge >= 0.3 is 0 Å². The third-order valence-corrected chi connectivity index (χ3v) is 5.00. The summed E-state index contributed by atoms with van der Waals surface area (Å²) in [6.45, 7) is 3.76. The minimum Gasteiger partial charge on any atom is -0.326 e. The molecule has 0 aliphatic heterocycles. The van der Waals surface area contributed by atoms with Crippen LogP contribution in [0.2, 0.25) is 0 Å². The Labute approximate surface area is 144 Å². The summed E-state index contributed by atoms with van der Waals surface area (Å²) in [7, 11) is 0. The number of hydrogen-bond donors (Lipinski definition) is 2. The third-order valence-electron chi connectivity index (χ3n) is 3.31. The van der Waals surface area contributed by atoms with Crippen LogP contribution in [0.1, 0.15) is 30.2 Å². The summed E-state index contributed by atoms with van der Waals surface area (Å²) in [6, 6.07) is 12.1. The average molecular weight is 381 g/mol. The third kappa shape index (κ3) is 5.55. The van der Waals surface area contributed by atoms with Crippen LogP contribution in [0.15, 0.2) is 40.2 Å². The lowest BCUT2D eigenvalue weighted by Gasteiger charge is -2.11. The van der Waals surface area contributed by atoms with Crippen LogP contribution in [0.25, 0.3) is 0 Å². The van der Waals surface area contributed by atoms with Crippen molar-refractivity contribution in [3.05, 3.63) is 50.6 Å². The maximum Gasteiger partial charge on any atom is 0.224 e. The summed E-state index contributed by atoms with van der Waals surface area (Å²) >= 11 is 5.19. The van der Waals surface area contributed by atoms with Crippen molar-refractivity contribution in [2.24, 2.45) is 0 Å². The number of amides is 1. The van der Waals surface area contributed by atoms with E-state index in [1.54, 1.807) is 11.3 Å². The Balaban J connectivity index is 1.81. The molecule has 5 heteroatoms. The number of halogens is 1. The molecule has 1 aromatic carbocycles. The molecule has 0 saturated carbocycles. The topological polar surface area (TPSA) is 41.1 Å². The van der Waals surface area contributed by atoms with Gasteiger partial charge < -0.3 is 10.6 Å². The van der Waals surface area contributed by atoms with Gasteiger partial charge in [0.2, 0.25) is 5.91 Å². The molecule has 2 aromatic rings. The van der Waals surface area contributed by atoms with Crippen LogP contribution >= 0.6 is 27.3 Å². The summed E-state index contributed by atoms with van der Waals surface area (Å²) in [5.74, 6) is 0.0829. The summed E-state index contributed by atoms with van der Waals surface area (Å²) in [4.78, 5) is 13.4. The number of rotatable bonds is 8. The molecule has 0 bridgehead atoms. The van der Waals surface area contributed by atoms with E-state index >= 15 is 0 Å². The Morgan fingerprint density at radius 1 is 1.23 bits per heavy atom. The molecule has 0 aliphatic carbocycles. The van der Waals surface area contributed by atoms with E-state index in [1.807, 2.05) is 24.3 Å². The number of carbonyl (C=O) groups is 1. The van der Waals surface area contributed by atoms with Crippen molar-refractivity contribution in [2.75, 3.05) is 11.9 Å². The van der Waals surface area contributed by atoms with Crippen LogP contribution in [0.3, 0.4) is 0 Å². The summed E-state index contributed by atoms with van der Waals surface area (Å²) in [5, 5.41) is 6.32. The first kappa shape index (κ1) is 17.2. The van der Waals surface area contributed by atoms with Gasteiger partial charge in [-0.15, -0.1) is 11.3 Å². The standard InChI is InChI=1S/C17H21BrN2OS/c1-2-19-12-13-6-3-4-8-15(13)20-17(21)9-5-7-14-10-11-16(18)22-14/h3-4,6,8,10-11,19H,2,5,7,9,12H2,1H3,(H,20,21). The molecule has 0 spiro atoms. The molecule has 118 valence electrons. The zero-order chi connectivity index (χ0) is 15.8. The molecule has 1 aromatic heterocycles. The van der Waals surface area contributed by atoms with Gasteiger partial charge in [-0.2, -0.15) is 0 Å². The molecule has 0 atom stereocenters. The van der Waals surface area contributed by atoms with Crippen LogP contribution in [0.5, 0.6) is 0 Å². The lowest BCUT2D eigenvalue weighted by atomic mass is 10.1. The van der Waals surface area contributed by atoms with Crippen molar-refractivity contribution >= 4 is 38.9 Å². The number of aryl methyl sites for hydroxylation is 1. The fraction of sp³-hybridized carbons (Fsp3) is 0.353. The van der Waals surface area contributed by atoms with E-state index in [-0.39, 0.29) is 5.91 Å². The van der Waals surface area contributed by atoms with Gasteiger partial charge in [0, 0.05) is 23.5 Å². The van der Waals surface area contributed by atoms with Crippen LogP contribution in [-0.4, -0.2) is 12.5 Å². The first-order valence-corrected chi connectivity index (χ1v) is 9.12. The molecule has 22 heavy (non-hydrogen) atoms. The number of anilines is 1. The molecule has 1 amide bonds. The maximum absolute atomic E-state index is 12.1. The zero-order valence-electron chi connectivity index (χ0n) is 12.7. The maximum atomic E-state index is 12.1. The molecule has 0 aliphatic rings. The van der Waals surface area contributed by atoms with Crippen molar-refractivity contribution in [1.82, 2.24) is 5.32 Å². The van der Waals surface area contributed by atoms with Crippen molar-refractivity contribution in [3.8, 4) is 0 Å². The van der Waals surface area contributed by atoms with E-state index in [0.29, 0.717) is 6.42 Å². The molecule has 0 unspecified atom stereocenters. The van der Waals surface area contributed by atoms with Crippen molar-refractivity contribution in [1.29, 1.82) is 0 Å². The second kappa shape index (κ2) is 9.08. The number of thiophene rings is 1. The van der Waals surface area contributed by atoms with Gasteiger partial charge in [-0.1, -0.05) is 25.1 Å². The molecule has 2 N–H and O–H groups in total. The zero-order valence-corrected chi connectivity index (χ0v) is 15.1. The van der Waals surface area contributed by atoms with Gasteiger partial charge in [0.25, 0.3) is 0 Å². The van der Waals surface area contributed by atoms with E-state index in [1.165, 1.54) is 4.88 Å². The van der Waals surface area contributed by atoms with Crippen LogP contribution in [0, 0.1) is 0 Å². The highest BCUT2D eigenvalue weighted by Gasteiger charge is 2.07. The van der Waals surface area contributed by atoms with E-state index in [9.17, 15) is 4.79 Å². The van der Waals surface area contributed by atoms with E-state index < -0.39 is 0 Å². The first-order chi connectivity index (χ1) is 10.7. The highest BCUT2D eigenvalue weighted by Crippen LogP contribution is 2.23. The fourth-order valence-corrected chi connectivity index (χ4v) is 3.70. The van der Waals surface area contributed by atoms with Gasteiger partial charge in [-0.25, -0.2) is 0 Å². The van der Waals surface area contributed by atoms with Crippen molar-refractivity contribution in [3.63, 3.8) is 0 Å². The summed E-state index contributed by atoms with van der Waals surface area (Å²) < 4.78 is 1.14. The number of benzene rings is 1. The molecular weight excluding hydrogens is 360 g/mol. The second-order valence-electron chi connectivity index (χ2n) is 5.05. The Kier molecular flexibility index (Phi) is 7.09. The van der Waals surface area contributed by atoms with E-state index in [0.717, 1.165) is 41.0 Å². The lowest BCUT2D eigenvalue weighted by Crippen LogP contribution is -2.16. The Morgan fingerprint density at radius 2 is 2.05 bits per heavy atom. The molecule has 3 nitrogen and oxygen atoms in total. The van der Waals surface area contributed by atoms with Crippen LogP contribution < -0.4 is 10.6 Å². The average Bonchev–Trinajstić information content (AvgIpc) is 2.92. The highest BCUT2D eigenvalue weighted by molar-refractivity contribution is 9.11. The molecule has 1 heterocycles. The predicted octanol–water partition coefficient (Wildman–Crippen LogP) is 4.58. The molecular formula is C17H21BrN2OS. The minimum absolute atomic E-state index is 0.0829. The van der Waals surface area contributed by atoms with E-state index in [4.69, 9.17) is 0 Å². The quantitative estimate of drug-likeness (QED) is 0.703. The van der Waals surface area contributed by atoms with Crippen LogP contribution in [0.4, 0.5) is 5.69 Å². The summed E-state index contributed by atoms with van der Waals surface area (Å²) in [5.41, 5.74) is 2.03. The predicted molar refractivity (Wildman–Crippen MR) is 97.4 cm³/mol. The smallest absolute Gasteiger partial charge is 0.224 e. The minimum atomic E-state index is 0.0829. The highest BCUT2D eigenvalue weighted by atomic mass is 79.9. The van der Waals surface area contributed by atoms with Crippen LogP contribution in [-0.2, 0) is 17.8 Å². The largest absolute Gasteiger partial charge is 0.326 e. The summed E-state index contributed by atoms with van der Waals surface area (Å²) in [6.07, 6.45) is 2.36. The molecule has 0 saturated heterocycles. The monoisotopic (exact) mass is 380 g/mol. The van der Waals surface area contributed by atoms with Gasteiger partial charge in [0.05, 0.1) is 3.79 Å². The lowest BCUT2D eigenvalue weighted by molar-refractivity contribution is -0.116. The van der Waals surface area contributed by atoms with Gasteiger partial charge in [0.1, 0.15) is 0 Å². The Bertz CT molecular complexity index is 612. The second-order valence-corrected chi connectivity index (χ2v) is 7.59. The molecule has 0 radical (unpaired) electrons. The van der Waals surface area contributed by atoms with Crippen molar-refractivity contribution in [2.45, 2.75) is 32.7 Å². The number of nitrogens with one attached hydrogen (secondary N) is 2. The number of hydrogen-bond acceptors (Lipinski definition) is 3. The first-order valence-electron chi connectivity index (χ1n) is 7.51. The van der Waals surface area contributed by atoms with Gasteiger partial charge in [0.15, 0.2) is 0 Å². The Morgan fingerprint density at radius 3 is 2.77 bits per heavy atom. The number of para-hydroxylation sites is 1. The van der Waals surface area contributed by atoms with E-state index in [2.05, 4.69) is 45.6 Å². The normalized spacial score (nSPS) is 10.6. The van der Waals surface area contributed by atoms with Gasteiger partial charge in [-0.05, 0) is 59.1 Å². The Hall–Kier alpha value is -1.17. The number of carbonyl (C=O) groups excluding carboxylic acids is 1. The molecule has 2 rings (SSSR count). The van der Waals surface area contributed by atoms with Gasteiger partial charge in [-0.3, -0.25) is 4.79 Å². The fourth-order valence-electron chi connectivity index (χ4n) is 2.18.